The van der Waals surface area contributed by atoms with Gasteiger partial charge in [-0.15, -0.1) is 6.42 Å². The number of fused-ring (bicyclic) bond motifs is 3. The molecule has 41 heavy (non-hydrogen) atoms. The Morgan fingerprint density at radius 3 is 2.56 bits per heavy atom. The van der Waals surface area contributed by atoms with Crippen LogP contribution in [0.5, 0.6) is 0 Å². The highest BCUT2D eigenvalue weighted by Crippen LogP contribution is 2.46. The lowest BCUT2D eigenvalue weighted by Crippen LogP contribution is -2.64. The zero-order valence-corrected chi connectivity index (χ0v) is 24.4. The summed E-state index contributed by atoms with van der Waals surface area (Å²) in [7, 11) is 0. The van der Waals surface area contributed by atoms with Crippen LogP contribution in [0.3, 0.4) is 0 Å². The van der Waals surface area contributed by atoms with Crippen molar-refractivity contribution in [3.8, 4) is 12.3 Å². The van der Waals surface area contributed by atoms with Crippen molar-refractivity contribution >= 4 is 12.1 Å². The number of aromatic amines is 1. The smallest absolute Gasteiger partial charge is 0.408 e. The van der Waals surface area contributed by atoms with Crippen LogP contribution in [-0.2, 0) is 32.7 Å². The second kappa shape index (κ2) is 12.5. The van der Waals surface area contributed by atoms with Gasteiger partial charge in [0.05, 0.1) is 12.2 Å². The quantitative estimate of drug-likeness (QED) is 0.243. The summed E-state index contributed by atoms with van der Waals surface area (Å²) in [5.74, 6) is 2.12. The van der Waals surface area contributed by atoms with Crippen molar-refractivity contribution in [1.82, 2.24) is 15.2 Å². The number of aromatic nitrogens is 1. The Morgan fingerprint density at radius 1 is 1.24 bits per heavy atom. The molecule has 1 aromatic carbocycles. The number of pyridine rings is 1. The number of esters is 1. The molecule has 4 heterocycles. The van der Waals surface area contributed by atoms with E-state index in [4.69, 9.17) is 15.9 Å². The highest BCUT2D eigenvalue weighted by atomic mass is 16.6. The first-order valence-electron chi connectivity index (χ1n) is 14.3. The number of ether oxygens (including phenoxy) is 2. The molecule has 0 aliphatic carbocycles. The number of H-pyrrole nitrogens is 1. The zero-order chi connectivity index (χ0) is 29.8. The lowest BCUT2D eigenvalue weighted by molar-refractivity contribution is -0.145. The fourth-order valence-electron chi connectivity index (χ4n) is 5.95. The number of benzene rings is 1. The molecular formula is C32H41N3O6. The monoisotopic (exact) mass is 563 g/mol. The fourth-order valence-corrected chi connectivity index (χ4v) is 5.95. The average Bonchev–Trinajstić information content (AvgIpc) is 2.90. The third-order valence-electron chi connectivity index (χ3n) is 7.80. The number of piperidine rings is 3. The molecule has 3 fully saturated rings. The second-order valence-corrected chi connectivity index (χ2v) is 12.0. The molecule has 1 aromatic heterocycles. The predicted molar refractivity (Wildman–Crippen MR) is 155 cm³/mol. The third kappa shape index (κ3) is 7.00. The molecule has 0 spiro atoms. The summed E-state index contributed by atoms with van der Waals surface area (Å²) < 4.78 is 10.5. The van der Waals surface area contributed by atoms with Gasteiger partial charge in [-0.25, -0.2) is 9.59 Å². The van der Waals surface area contributed by atoms with Crippen LogP contribution in [0.25, 0.3) is 0 Å². The second-order valence-electron chi connectivity index (χ2n) is 12.0. The predicted octanol–water partition coefficient (Wildman–Crippen LogP) is 3.27. The van der Waals surface area contributed by atoms with Crippen LogP contribution in [0.1, 0.15) is 69.5 Å². The molecule has 0 radical (unpaired) electrons. The van der Waals surface area contributed by atoms with Crippen molar-refractivity contribution < 1.29 is 24.2 Å². The van der Waals surface area contributed by atoms with Gasteiger partial charge in [-0.3, -0.25) is 9.69 Å². The van der Waals surface area contributed by atoms with Crippen molar-refractivity contribution in [2.24, 2.45) is 5.92 Å². The first-order valence-corrected chi connectivity index (χ1v) is 14.3. The number of aryl methyl sites for hydroxylation is 1. The number of nitrogens with zero attached hydrogens (tertiary/aromatic N) is 1. The van der Waals surface area contributed by atoms with Gasteiger partial charge in [-0.2, -0.15) is 0 Å². The average molecular weight is 564 g/mol. The van der Waals surface area contributed by atoms with Gasteiger partial charge in [0.2, 0.25) is 0 Å². The molecule has 3 saturated heterocycles. The molecule has 3 N–H and O–H groups in total. The number of hydrogen-bond donors (Lipinski definition) is 3. The molecule has 5 rings (SSSR count). The maximum atomic E-state index is 13.7. The van der Waals surface area contributed by atoms with E-state index in [1.54, 1.807) is 20.8 Å². The van der Waals surface area contributed by atoms with E-state index in [0.29, 0.717) is 36.2 Å². The van der Waals surface area contributed by atoms with Crippen LogP contribution in [0, 0.1) is 18.3 Å². The normalized spacial score (nSPS) is 24.2. The van der Waals surface area contributed by atoms with Gasteiger partial charge in [-0.1, -0.05) is 36.3 Å². The standard InChI is InChI=1S/C32H41N3O6/c1-6-27-32(39,23-14-16-35(27)17-15-23)28-25(19-22-11-8-7-9-12-22)34-24(20-26(28)36)13-10-18-40-29(37)21(2)33-30(38)41-31(3,4)5/h1,7-9,11-12,20-21,23,27,39H,10,13-19H2,2-5H3,(H,33,38)(H,34,36)/t21-,27?,32?/m0/s1. The Bertz CT molecular complexity index is 1330. The third-order valence-corrected chi connectivity index (χ3v) is 7.80. The molecule has 3 atom stereocenters. The minimum Gasteiger partial charge on any atom is -0.464 e. The number of nitrogens with one attached hydrogen (secondary N) is 2. The SMILES string of the molecule is C#CC1N2CCC(CC2)C1(O)c1c(Cc2ccccc2)[nH]c(CCCOC(=O)[C@H](C)NC(=O)OC(C)(C)C)cc1=O. The van der Waals surface area contributed by atoms with Crippen molar-refractivity contribution in [3.63, 3.8) is 0 Å². The minimum absolute atomic E-state index is 0.0919. The summed E-state index contributed by atoms with van der Waals surface area (Å²) in [5, 5.41) is 14.6. The number of carbonyl (C=O) groups is 2. The number of terminal acetylenes is 1. The van der Waals surface area contributed by atoms with Crippen LogP contribution in [-0.4, -0.2) is 64.4 Å². The Balaban J connectivity index is 1.49. The molecule has 2 bridgehead atoms. The van der Waals surface area contributed by atoms with Gasteiger partial charge in [0.25, 0.3) is 0 Å². The summed E-state index contributed by atoms with van der Waals surface area (Å²) in [6.07, 6.45) is 8.15. The molecule has 2 aromatic rings. The molecule has 2 unspecified atom stereocenters. The zero-order valence-electron chi connectivity index (χ0n) is 24.4. The summed E-state index contributed by atoms with van der Waals surface area (Å²) in [6, 6.07) is 9.89. The van der Waals surface area contributed by atoms with E-state index in [2.05, 4.69) is 21.1 Å². The highest BCUT2D eigenvalue weighted by molar-refractivity contribution is 5.81. The number of alkyl carbamates (subject to hydrolysis) is 1. The van der Waals surface area contributed by atoms with Crippen LogP contribution in [0.2, 0.25) is 0 Å². The topological polar surface area (TPSA) is 121 Å². The number of carbonyl (C=O) groups excluding carboxylic acids is 2. The molecule has 3 aliphatic rings. The number of aliphatic hydroxyl groups is 1. The van der Waals surface area contributed by atoms with Crippen molar-refractivity contribution in [3.05, 3.63) is 69.1 Å². The van der Waals surface area contributed by atoms with Crippen molar-refractivity contribution in [2.45, 2.75) is 83.1 Å². The van der Waals surface area contributed by atoms with E-state index in [1.165, 1.54) is 13.0 Å². The maximum Gasteiger partial charge on any atom is 0.408 e. The van der Waals surface area contributed by atoms with E-state index in [1.807, 2.05) is 30.3 Å². The maximum absolute atomic E-state index is 13.7. The lowest BCUT2D eigenvalue weighted by Gasteiger charge is -2.54. The highest BCUT2D eigenvalue weighted by Gasteiger charge is 2.55. The Morgan fingerprint density at radius 2 is 1.93 bits per heavy atom. The Labute approximate surface area is 241 Å². The fraction of sp³-hybridized carbons (Fsp3) is 0.531. The van der Waals surface area contributed by atoms with E-state index < -0.39 is 35.3 Å². The van der Waals surface area contributed by atoms with Crippen LogP contribution in [0.15, 0.2) is 41.2 Å². The van der Waals surface area contributed by atoms with Gasteiger partial charge in [0.15, 0.2) is 5.43 Å². The lowest BCUT2D eigenvalue weighted by atomic mass is 9.66. The first kappa shape index (κ1) is 30.4. The van der Waals surface area contributed by atoms with Gasteiger partial charge in [-0.05, 0) is 77.9 Å². The molecule has 3 aliphatic heterocycles. The van der Waals surface area contributed by atoms with Crippen LogP contribution >= 0.6 is 0 Å². The Hall–Kier alpha value is -3.61. The minimum atomic E-state index is -1.44. The largest absolute Gasteiger partial charge is 0.464 e. The van der Waals surface area contributed by atoms with Gasteiger partial charge in [0.1, 0.15) is 23.3 Å². The molecular weight excluding hydrogens is 522 g/mol. The molecule has 220 valence electrons. The van der Waals surface area contributed by atoms with E-state index in [0.717, 1.165) is 31.5 Å². The number of amides is 1. The van der Waals surface area contributed by atoms with Crippen LogP contribution < -0.4 is 10.7 Å². The van der Waals surface area contributed by atoms with Crippen LogP contribution in [0.4, 0.5) is 4.79 Å². The summed E-state index contributed by atoms with van der Waals surface area (Å²) in [6.45, 7) is 8.49. The molecule has 9 heteroatoms. The van der Waals surface area contributed by atoms with Gasteiger partial charge >= 0.3 is 12.1 Å². The van der Waals surface area contributed by atoms with Gasteiger partial charge < -0.3 is 24.9 Å². The van der Waals surface area contributed by atoms with Crippen molar-refractivity contribution in [2.75, 3.05) is 19.7 Å². The molecule has 0 saturated carbocycles. The summed E-state index contributed by atoms with van der Waals surface area (Å²) in [5.41, 5.74) is 0.345. The summed E-state index contributed by atoms with van der Waals surface area (Å²) in [4.78, 5) is 43.5. The van der Waals surface area contributed by atoms with E-state index in [9.17, 15) is 19.5 Å². The first-order chi connectivity index (χ1) is 19.4. The number of hydrogen-bond acceptors (Lipinski definition) is 7. The molecule has 9 nitrogen and oxygen atoms in total. The molecule has 1 amide bonds. The number of rotatable bonds is 9. The summed E-state index contributed by atoms with van der Waals surface area (Å²) >= 11 is 0. The van der Waals surface area contributed by atoms with Crippen molar-refractivity contribution in [1.29, 1.82) is 0 Å². The van der Waals surface area contributed by atoms with E-state index in [-0.39, 0.29) is 18.0 Å². The van der Waals surface area contributed by atoms with E-state index >= 15 is 0 Å². The van der Waals surface area contributed by atoms with Gasteiger partial charge in [0, 0.05) is 23.9 Å². The Kier molecular flexibility index (Phi) is 9.25.